The van der Waals surface area contributed by atoms with Crippen LogP contribution in [0.3, 0.4) is 0 Å². The molecule has 2 heterocycles. The largest absolute Gasteiger partial charge is 0.491 e. The van der Waals surface area contributed by atoms with Crippen LogP contribution in [0.15, 0.2) is 48.4 Å². The average molecular weight is 462 g/mol. The van der Waals surface area contributed by atoms with Gasteiger partial charge in [0.05, 0.1) is 6.04 Å². The third kappa shape index (κ3) is 6.02. The lowest BCUT2D eigenvalue weighted by molar-refractivity contribution is -0.135. The van der Waals surface area contributed by atoms with E-state index in [0.29, 0.717) is 37.0 Å². The van der Waals surface area contributed by atoms with E-state index in [0.717, 1.165) is 18.4 Å². The Bertz CT molecular complexity index is 900. The lowest BCUT2D eigenvalue weighted by Crippen LogP contribution is -2.50. The van der Waals surface area contributed by atoms with Gasteiger partial charge in [-0.2, -0.15) is 0 Å². The van der Waals surface area contributed by atoms with E-state index in [1.165, 1.54) is 9.78 Å². The predicted molar refractivity (Wildman–Crippen MR) is 125 cm³/mol. The molecule has 1 atom stereocenters. The molecule has 2 aromatic rings. The van der Waals surface area contributed by atoms with Gasteiger partial charge in [-0.25, -0.2) is 4.79 Å². The van der Waals surface area contributed by atoms with Gasteiger partial charge < -0.3 is 19.9 Å². The lowest BCUT2D eigenvalue weighted by Gasteiger charge is -2.37. The van der Waals surface area contributed by atoms with Crippen molar-refractivity contribution in [2.45, 2.75) is 25.8 Å². The first kappa shape index (κ1) is 23.2. The molecule has 0 saturated heterocycles. The van der Waals surface area contributed by atoms with Crippen molar-refractivity contribution in [2.24, 2.45) is 0 Å². The number of halogens is 1. The number of nitrogens with one attached hydrogen (secondary N) is 1. The van der Waals surface area contributed by atoms with Crippen LogP contribution in [0, 0.1) is 0 Å². The molecule has 1 N–H and O–H groups in total. The van der Waals surface area contributed by atoms with E-state index in [-0.39, 0.29) is 24.5 Å². The highest BCUT2D eigenvalue weighted by atomic mass is 35.5. The first-order chi connectivity index (χ1) is 15.0. The molecular weight excluding hydrogens is 434 g/mol. The molecule has 166 valence electrons. The molecule has 6 nitrogen and oxygen atoms in total. The minimum atomic E-state index is -0.253. The van der Waals surface area contributed by atoms with Crippen LogP contribution in [0.5, 0.6) is 5.75 Å². The number of nitrogens with zero attached hydrogens (tertiary/aromatic N) is 2. The molecule has 0 saturated carbocycles. The summed E-state index contributed by atoms with van der Waals surface area (Å²) in [5.41, 5.74) is 1.12. The summed E-state index contributed by atoms with van der Waals surface area (Å²) in [6.45, 7) is 7.51. The second-order valence-electron chi connectivity index (χ2n) is 7.32. The number of rotatable bonds is 9. The van der Waals surface area contributed by atoms with Gasteiger partial charge >= 0.3 is 6.03 Å². The van der Waals surface area contributed by atoms with Crippen LogP contribution in [0.2, 0.25) is 5.02 Å². The molecule has 0 radical (unpaired) electrons. The number of fused-ring (bicyclic) bond motifs is 1. The van der Waals surface area contributed by atoms with Crippen LogP contribution in [0.25, 0.3) is 0 Å². The number of amides is 3. The molecule has 0 fully saturated rings. The van der Waals surface area contributed by atoms with Crippen molar-refractivity contribution in [1.82, 2.24) is 15.1 Å². The van der Waals surface area contributed by atoms with E-state index in [1.807, 2.05) is 24.0 Å². The zero-order valence-electron chi connectivity index (χ0n) is 17.7. The van der Waals surface area contributed by atoms with Crippen molar-refractivity contribution in [3.63, 3.8) is 0 Å². The summed E-state index contributed by atoms with van der Waals surface area (Å²) in [5, 5.41) is 5.53. The summed E-state index contributed by atoms with van der Waals surface area (Å²) in [6.07, 6.45) is 3.27. The number of carbonyl (C=O) groups excluding carboxylic acids is 2. The minimum Gasteiger partial charge on any atom is -0.491 e. The normalized spacial score (nSPS) is 15.2. The van der Waals surface area contributed by atoms with Crippen LogP contribution in [0.1, 0.15) is 29.8 Å². The van der Waals surface area contributed by atoms with Crippen LogP contribution < -0.4 is 10.1 Å². The molecule has 0 spiro atoms. The summed E-state index contributed by atoms with van der Waals surface area (Å²) < 4.78 is 6.00. The second kappa shape index (κ2) is 11.2. The van der Waals surface area contributed by atoms with Gasteiger partial charge in [0.25, 0.3) is 0 Å². The summed E-state index contributed by atoms with van der Waals surface area (Å²) in [7, 11) is 0. The van der Waals surface area contributed by atoms with Crippen molar-refractivity contribution < 1.29 is 14.3 Å². The Balaban J connectivity index is 1.73. The third-order valence-corrected chi connectivity index (χ3v) is 6.37. The van der Waals surface area contributed by atoms with Gasteiger partial charge in [0.15, 0.2) is 0 Å². The molecule has 0 aliphatic carbocycles. The summed E-state index contributed by atoms with van der Waals surface area (Å²) >= 11 is 7.66. The first-order valence-electron chi connectivity index (χ1n) is 10.4. The number of urea groups is 1. The number of thiophene rings is 1. The number of hydrogen-bond acceptors (Lipinski definition) is 4. The molecule has 1 aliphatic heterocycles. The van der Waals surface area contributed by atoms with E-state index in [2.05, 4.69) is 23.3 Å². The van der Waals surface area contributed by atoms with Crippen molar-refractivity contribution in [2.75, 3.05) is 32.8 Å². The fourth-order valence-corrected chi connectivity index (χ4v) is 4.61. The molecule has 0 unspecified atom stereocenters. The minimum absolute atomic E-state index is 0.00150. The highest BCUT2D eigenvalue weighted by Gasteiger charge is 2.33. The fraction of sp³-hybridized carbons (Fsp3) is 0.391. The second-order valence-corrected chi connectivity index (χ2v) is 8.76. The molecule has 3 rings (SSSR count). The summed E-state index contributed by atoms with van der Waals surface area (Å²) in [5.74, 6) is 0.599. The fourth-order valence-electron chi connectivity index (χ4n) is 3.55. The van der Waals surface area contributed by atoms with E-state index < -0.39 is 0 Å². The smallest absolute Gasteiger partial charge is 0.318 e. The maximum Gasteiger partial charge on any atom is 0.318 e. The molecule has 8 heteroatoms. The summed E-state index contributed by atoms with van der Waals surface area (Å²) in [6, 6.07) is 8.79. The molecule has 1 aromatic carbocycles. The van der Waals surface area contributed by atoms with Gasteiger partial charge in [-0.1, -0.05) is 24.6 Å². The van der Waals surface area contributed by atoms with E-state index in [4.69, 9.17) is 16.3 Å². The van der Waals surface area contributed by atoms with Gasteiger partial charge in [0.1, 0.15) is 18.9 Å². The van der Waals surface area contributed by atoms with Crippen molar-refractivity contribution in [3.05, 3.63) is 63.8 Å². The van der Waals surface area contributed by atoms with E-state index in [9.17, 15) is 9.59 Å². The molecular formula is C23H28ClN3O3S. The molecule has 1 aliphatic rings. The predicted octanol–water partition coefficient (Wildman–Crippen LogP) is 4.51. The van der Waals surface area contributed by atoms with Gasteiger partial charge in [-0.15, -0.1) is 17.9 Å². The van der Waals surface area contributed by atoms with E-state index in [1.54, 1.807) is 29.5 Å². The number of benzene rings is 1. The Labute approximate surface area is 192 Å². The van der Waals surface area contributed by atoms with Gasteiger partial charge in [0.2, 0.25) is 5.91 Å². The quantitative estimate of drug-likeness (QED) is 0.559. The van der Waals surface area contributed by atoms with Crippen LogP contribution in [-0.2, 0) is 11.2 Å². The monoisotopic (exact) mass is 461 g/mol. The highest BCUT2D eigenvalue weighted by molar-refractivity contribution is 7.10. The number of carbonyl (C=O) groups is 2. The molecule has 0 bridgehead atoms. The average Bonchev–Trinajstić information content (AvgIpc) is 3.25. The lowest BCUT2D eigenvalue weighted by atomic mass is 10.0. The highest BCUT2D eigenvalue weighted by Crippen LogP contribution is 2.34. The van der Waals surface area contributed by atoms with Gasteiger partial charge in [-0.05, 0) is 54.1 Å². The Morgan fingerprint density at radius 3 is 2.84 bits per heavy atom. The van der Waals surface area contributed by atoms with Gasteiger partial charge in [0, 0.05) is 29.5 Å². The Hall–Kier alpha value is -2.51. The maximum absolute atomic E-state index is 13.3. The molecule has 3 amide bonds. The Morgan fingerprint density at radius 2 is 2.13 bits per heavy atom. The SMILES string of the molecule is C=CCN(CC(=O)N1CCc2sccc2[C@@H]1COc1ccc(Cl)cc1)C(=O)NCCC. The Kier molecular flexibility index (Phi) is 8.37. The number of ether oxygens (including phenoxy) is 1. The zero-order valence-corrected chi connectivity index (χ0v) is 19.3. The third-order valence-electron chi connectivity index (χ3n) is 5.13. The summed E-state index contributed by atoms with van der Waals surface area (Å²) in [4.78, 5) is 30.3. The van der Waals surface area contributed by atoms with Crippen LogP contribution in [-0.4, -0.2) is 54.5 Å². The molecule has 31 heavy (non-hydrogen) atoms. The number of hydrogen-bond donors (Lipinski definition) is 1. The topological polar surface area (TPSA) is 61.9 Å². The van der Waals surface area contributed by atoms with Crippen molar-refractivity contribution in [1.29, 1.82) is 0 Å². The van der Waals surface area contributed by atoms with E-state index >= 15 is 0 Å². The first-order valence-corrected chi connectivity index (χ1v) is 11.7. The zero-order chi connectivity index (χ0) is 22.2. The van der Waals surface area contributed by atoms with Crippen molar-refractivity contribution >= 4 is 34.9 Å². The molecule has 1 aromatic heterocycles. The maximum atomic E-state index is 13.3. The van der Waals surface area contributed by atoms with Crippen LogP contribution in [0.4, 0.5) is 4.79 Å². The Morgan fingerprint density at radius 1 is 1.35 bits per heavy atom. The van der Waals surface area contributed by atoms with Crippen LogP contribution >= 0.6 is 22.9 Å². The van der Waals surface area contributed by atoms with Gasteiger partial charge in [-0.3, -0.25) is 4.79 Å². The standard InChI is InChI=1S/C23H28ClN3O3S/c1-3-11-25-23(29)26(12-4-2)15-22(28)27-13-9-21-19(10-14-31-21)20(27)16-30-18-7-5-17(24)6-8-18/h4-8,10,14,20H,2-3,9,11-13,15-16H2,1H3,(H,25,29)/t20-/m0/s1. The van der Waals surface area contributed by atoms with Crippen molar-refractivity contribution in [3.8, 4) is 5.75 Å².